The first-order valence-corrected chi connectivity index (χ1v) is 7.85. The highest BCUT2D eigenvalue weighted by Gasteiger charge is 2.15. The van der Waals surface area contributed by atoms with Crippen LogP contribution in [0.1, 0.15) is 5.56 Å². The molecular formula is C17H17FN2OS. The van der Waals surface area contributed by atoms with Crippen molar-refractivity contribution in [2.24, 2.45) is 5.73 Å². The third-order valence-electron chi connectivity index (χ3n) is 3.53. The monoisotopic (exact) mass is 316 g/mol. The van der Waals surface area contributed by atoms with Gasteiger partial charge in [0.15, 0.2) is 11.6 Å². The van der Waals surface area contributed by atoms with E-state index in [-0.39, 0.29) is 11.6 Å². The topological polar surface area (TPSA) is 51.0 Å². The maximum atomic E-state index is 14.0. The number of benzene rings is 2. The summed E-state index contributed by atoms with van der Waals surface area (Å²) in [5.74, 6) is -0.0794. The third kappa shape index (κ3) is 2.69. The molecule has 0 unspecified atom stereocenters. The minimum atomic E-state index is -0.355. The molecule has 0 bridgehead atoms. The number of nitrogens with two attached hydrogens (primary N) is 1. The van der Waals surface area contributed by atoms with Crippen LogP contribution in [0.5, 0.6) is 5.75 Å². The number of methoxy groups -OCH3 is 1. The van der Waals surface area contributed by atoms with Crippen LogP contribution in [-0.2, 0) is 6.42 Å². The molecule has 3 nitrogen and oxygen atoms in total. The molecule has 0 fully saturated rings. The van der Waals surface area contributed by atoms with E-state index in [1.807, 2.05) is 18.3 Å². The lowest BCUT2D eigenvalue weighted by atomic mass is 10.1. The fourth-order valence-electron chi connectivity index (χ4n) is 2.50. The highest BCUT2D eigenvalue weighted by Crippen LogP contribution is 2.40. The molecule has 3 N–H and O–H groups in total. The summed E-state index contributed by atoms with van der Waals surface area (Å²) in [6.07, 6.45) is 2.70. The van der Waals surface area contributed by atoms with E-state index in [0.29, 0.717) is 6.54 Å². The Morgan fingerprint density at radius 3 is 2.77 bits per heavy atom. The Hall–Kier alpha value is -1.98. The zero-order valence-corrected chi connectivity index (χ0v) is 13.0. The van der Waals surface area contributed by atoms with Gasteiger partial charge in [0.05, 0.1) is 18.0 Å². The molecule has 2 aromatic carbocycles. The Balaban J connectivity index is 2.07. The lowest BCUT2D eigenvalue weighted by Gasteiger charge is -2.09. The van der Waals surface area contributed by atoms with Crippen molar-refractivity contribution in [3.63, 3.8) is 0 Å². The van der Waals surface area contributed by atoms with Gasteiger partial charge in [-0.3, -0.25) is 0 Å². The van der Waals surface area contributed by atoms with Gasteiger partial charge in [-0.2, -0.15) is 0 Å². The maximum Gasteiger partial charge on any atom is 0.165 e. The van der Waals surface area contributed by atoms with E-state index in [0.717, 1.165) is 27.1 Å². The Morgan fingerprint density at radius 1 is 1.18 bits per heavy atom. The van der Waals surface area contributed by atoms with Gasteiger partial charge in [0.1, 0.15) is 0 Å². The van der Waals surface area contributed by atoms with Gasteiger partial charge in [0, 0.05) is 16.0 Å². The van der Waals surface area contributed by atoms with E-state index in [9.17, 15) is 4.39 Å². The van der Waals surface area contributed by atoms with Crippen molar-refractivity contribution >= 4 is 22.7 Å². The lowest BCUT2D eigenvalue weighted by Crippen LogP contribution is -2.03. The number of ether oxygens (including phenoxy) is 1. The third-order valence-corrected chi connectivity index (χ3v) is 4.69. The van der Waals surface area contributed by atoms with Crippen molar-refractivity contribution in [1.29, 1.82) is 0 Å². The number of H-pyrrole nitrogens is 1. The van der Waals surface area contributed by atoms with Gasteiger partial charge in [-0.25, -0.2) is 4.39 Å². The van der Waals surface area contributed by atoms with Crippen molar-refractivity contribution in [1.82, 2.24) is 4.98 Å². The van der Waals surface area contributed by atoms with E-state index < -0.39 is 0 Å². The molecule has 0 saturated carbocycles. The van der Waals surface area contributed by atoms with Crippen LogP contribution in [0.15, 0.2) is 52.4 Å². The summed E-state index contributed by atoms with van der Waals surface area (Å²) in [5, 5.41) is 0.773. The highest BCUT2D eigenvalue weighted by molar-refractivity contribution is 7.99. The average molecular weight is 316 g/mol. The Bertz CT molecular complexity index is 800. The van der Waals surface area contributed by atoms with E-state index in [1.54, 1.807) is 17.8 Å². The molecule has 3 rings (SSSR count). The van der Waals surface area contributed by atoms with Gasteiger partial charge in [-0.05, 0) is 36.7 Å². The summed E-state index contributed by atoms with van der Waals surface area (Å²) >= 11 is 1.60. The van der Waals surface area contributed by atoms with Crippen LogP contribution >= 0.6 is 11.8 Å². The second kappa shape index (κ2) is 6.42. The van der Waals surface area contributed by atoms with Crippen LogP contribution in [0.25, 0.3) is 10.9 Å². The quantitative estimate of drug-likeness (QED) is 0.749. The van der Waals surface area contributed by atoms with E-state index in [1.165, 1.54) is 18.7 Å². The van der Waals surface area contributed by atoms with Gasteiger partial charge < -0.3 is 15.5 Å². The van der Waals surface area contributed by atoms with E-state index in [2.05, 4.69) is 17.1 Å². The van der Waals surface area contributed by atoms with Crippen LogP contribution in [0, 0.1) is 5.82 Å². The molecular weight excluding hydrogens is 299 g/mol. The van der Waals surface area contributed by atoms with Crippen molar-refractivity contribution < 1.29 is 9.13 Å². The second-order valence-electron chi connectivity index (χ2n) is 4.90. The molecule has 22 heavy (non-hydrogen) atoms. The molecule has 0 aliphatic rings. The first-order valence-electron chi connectivity index (χ1n) is 7.04. The second-order valence-corrected chi connectivity index (χ2v) is 5.99. The van der Waals surface area contributed by atoms with Gasteiger partial charge >= 0.3 is 0 Å². The average Bonchev–Trinajstić information content (AvgIpc) is 2.93. The van der Waals surface area contributed by atoms with Gasteiger partial charge in [-0.1, -0.05) is 30.0 Å². The number of hydrogen-bond donors (Lipinski definition) is 2. The van der Waals surface area contributed by atoms with E-state index >= 15 is 0 Å². The summed E-state index contributed by atoms with van der Waals surface area (Å²) < 4.78 is 19.2. The number of rotatable bonds is 5. The first kappa shape index (κ1) is 14.9. The van der Waals surface area contributed by atoms with Crippen LogP contribution < -0.4 is 10.5 Å². The van der Waals surface area contributed by atoms with Gasteiger partial charge in [0.2, 0.25) is 0 Å². The maximum absolute atomic E-state index is 14.0. The lowest BCUT2D eigenvalue weighted by molar-refractivity contribution is 0.391. The molecule has 3 aromatic rings. The van der Waals surface area contributed by atoms with Gasteiger partial charge in [-0.15, -0.1) is 0 Å². The van der Waals surface area contributed by atoms with Crippen LogP contribution in [-0.4, -0.2) is 18.6 Å². The van der Waals surface area contributed by atoms with Crippen LogP contribution in [0.4, 0.5) is 4.39 Å². The molecule has 0 aliphatic carbocycles. The summed E-state index contributed by atoms with van der Waals surface area (Å²) in [4.78, 5) is 5.24. The Labute approximate surface area is 132 Å². The molecule has 0 radical (unpaired) electrons. The van der Waals surface area contributed by atoms with Crippen molar-refractivity contribution in [3.05, 3.63) is 54.0 Å². The molecule has 0 atom stereocenters. The minimum Gasteiger partial charge on any atom is -0.493 e. The largest absolute Gasteiger partial charge is 0.493 e. The normalized spacial score (nSPS) is 11.0. The van der Waals surface area contributed by atoms with Crippen molar-refractivity contribution in [2.45, 2.75) is 16.2 Å². The smallest absolute Gasteiger partial charge is 0.165 e. The SMILES string of the molecule is COc1c(F)ccc2[nH]cc(Sc3ccccc3CCN)c12. The van der Waals surface area contributed by atoms with Crippen LogP contribution in [0.2, 0.25) is 0 Å². The summed E-state index contributed by atoms with van der Waals surface area (Å²) in [7, 11) is 1.49. The van der Waals surface area contributed by atoms with Crippen LogP contribution in [0.3, 0.4) is 0 Å². The van der Waals surface area contributed by atoms with Gasteiger partial charge in [0.25, 0.3) is 0 Å². The number of nitrogens with one attached hydrogen (secondary N) is 1. The standard InChI is InChI=1S/C17H17FN2OS/c1-21-17-12(18)6-7-13-16(17)15(10-20-13)22-14-5-3-2-4-11(14)8-9-19/h2-7,10,20H,8-9,19H2,1H3. The van der Waals surface area contributed by atoms with Crippen molar-refractivity contribution in [2.75, 3.05) is 13.7 Å². The van der Waals surface area contributed by atoms with E-state index in [4.69, 9.17) is 10.5 Å². The Kier molecular flexibility index (Phi) is 4.36. The number of hydrogen-bond acceptors (Lipinski definition) is 3. The summed E-state index contributed by atoms with van der Waals surface area (Å²) in [5.41, 5.74) is 7.73. The molecule has 0 amide bonds. The minimum absolute atomic E-state index is 0.276. The van der Waals surface area contributed by atoms with Crippen molar-refractivity contribution in [3.8, 4) is 5.75 Å². The highest BCUT2D eigenvalue weighted by atomic mass is 32.2. The zero-order valence-electron chi connectivity index (χ0n) is 12.2. The number of fused-ring (bicyclic) bond motifs is 1. The number of aromatic amines is 1. The molecule has 0 aliphatic heterocycles. The molecule has 1 heterocycles. The zero-order chi connectivity index (χ0) is 15.5. The fourth-order valence-corrected chi connectivity index (χ4v) is 3.61. The summed E-state index contributed by atoms with van der Waals surface area (Å²) in [6.45, 7) is 0.601. The molecule has 1 aromatic heterocycles. The molecule has 114 valence electrons. The Morgan fingerprint density at radius 2 is 2.00 bits per heavy atom. The predicted molar refractivity (Wildman–Crippen MR) is 88.1 cm³/mol. The number of aromatic nitrogens is 1. The molecule has 0 spiro atoms. The molecule has 5 heteroatoms. The first-order chi connectivity index (χ1) is 10.7. The fraction of sp³-hybridized carbons (Fsp3) is 0.176. The summed E-state index contributed by atoms with van der Waals surface area (Å²) in [6, 6.07) is 11.3. The number of halogens is 1. The molecule has 0 saturated heterocycles. The predicted octanol–water partition coefficient (Wildman–Crippen LogP) is 3.97.